The van der Waals surface area contributed by atoms with E-state index >= 15 is 0 Å². The fourth-order valence-corrected chi connectivity index (χ4v) is 4.39. The fraction of sp³-hybridized carbons (Fsp3) is 0.261. The summed E-state index contributed by atoms with van der Waals surface area (Å²) in [5.74, 6) is 0.160. The monoisotopic (exact) mass is 420 g/mol. The second kappa shape index (κ2) is 9.17. The van der Waals surface area contributed by atoms with Gasteiger partial charge in [-0.05, 0) is 36.6 Å². The number of benzene rings is 2. The van der Waals surface area contributed by atoms with Crippen molar-refractivity contribution in [3.05, 3.63) is 70.6 Å². The highest BCUT2D eigenvalue weighted by atomic mass is 32.2. The van der Waals surface area contributed by atoms with Crippen LogP contribution in [0.25, 0.3) is 21.8 Å². The number of fused-ring (bicyclic) bond motifs is 2. The average molecular weight is 421 g/mol. The van der Waals surface area contributed by atoms with E-state index in [4.69, 9.17) is 0 Å². The highest BCUT2D eigenvalue weighted by Crippen LogP contribution is 2.19. The van der Waals surface area contributed by atoms with Crippen molar-refractivity contribution in [3.8, 4) is 0 Å². The molecule has 0 unspecified atom stereocenters. The van der Waals surface area contributed by atoms with E-state index in [2.05, 4.69) is 21.4 Å². The number of carbonyl (C=O) groups is 1. The summed E-state index contributed by atoms with van der Waals surface area (Å²) < 4.78 is 1.67. The summed E-state index contributed by atoms with van der Waals surface area (Å²) in [6.45, 7) is 3.17. The predicted octanol–water partition coefficient (Wildman–Crippen LogP) is 3.74. The van der Waals surface area contributed by atoms with Crippen molar-refractivity contribution < 1.29 is 4.79 Å². The molecule has 0 aliphatic carbocycles. The van der Waals surface area contributed by atoms with Crippen LogP contribution in [-0.2, 0) is 17.8 Å². The first-order valence-electron chi connectivity index (χ1n) is 10.1. The van der Waals surface area contributed by atoms with Crippen LogP contribution >= 0.6 is 11.8 Å². The van der Waals surface area contributed by atoms with E-state index in [9.17, 15) is 9.59 Å². The van der Waals surface area contributed by atoms with Crippen molar-refractivity contribution >= 4 is 39.5 Å². The Morgan fingerprint density at radius 3 is 2.73 bits per heavy atom. The molecule has 0 atom stereocenters. The van der Waals surface area contributed by atoms with Gasteiger partial charge in [-0.25, -0.2) is 4.98 Å². The first-order chi connectivity index (χ1) is 14.7. The molecule has 154 valence electrons. The Balaban J connectivity index is 1.39. The lowest BCUT2D eigenvalue weighted by Crippen LogP contribution is -2.28. The molecule has 0 saturated carbocycles. The molecule has 0 fully saturated rings. The molecule has 0 bridgehead atoms. The van der Waals surface area contributed by atoms with Crippen LogP contribution in [0.5, 0.6) is 0 Å². The minimum atomic E-state index is -0.0645. The minimum Gasteiger partial charge on any atom is -0.361 e. The Labute approximate surface area is 178 Å². The van der Waals surface area contributed by atoms with Gasteiger partial charge < -0.3 is 10.3 Å². The van der Waals surface area contributed by atoms with Crippen molar-refractivity contribution in [3.63, 3.8) is 0 Å². The number of rotatable bonds is 8. The number of hydrogen-bond acceptors (Lipinski definition) is 4. The predicted molar refractivity (Wildman–Crippen MR) is 122 cm³/mol. The van der Waals surface area contributed by atoms with Crippen LogP contribution < -0.4 is 10.9 Å². The smallest absolute Gasteiger partial charge is 0.262 e. The maximum atomic E-state index is 12.8. The van der Waals surface area contributed by atoms with Crippen molar-refractivity contribution in [1.82, 2.24) is 19.9 Å². The summed E-state index contributed by atoms with van der Waals surface area (Å²) in [4.78, 5) is 33.0. The third kappa shape index (κ3) is 4.26. The average Bonchev–Trinajstić information content (AvgIpc) is 3.18. The zero-order chi connectivity index (χ0) is 20.9. The standard InChI is InChI=1S/C23H24N4O2S/c1-2-13-27-22(29)18-8-4-6-10-20(18)26-23(27)30-15-21(28)24-12-11-16-14-25-19-9-5-3-7-17(16)19/h3-10,14,25H,2,11-13,15H2,1H3,(H,24,28). The van der Waals surface area contributed by atoms with E-state index < -0.39 is 0 Å². The minimum absolute atomic E-state index is 0.0512. The normalized spacial score (nSPS) is 11.2. The van der Waals surface area contributed by atoms with Gasteiger partial charge in [-0.15, -0.1) is 0 Å². The zero-order valence-electron chi connectivity index (χ0n) is 16.9. The Morgan fingerprint density at radius 2 is 1.90 bits per heavy atom. The van der Waals surface area contributed by atoms with Crippen molar-refractivity contribution in [2.75, 3.05) is 12.3 Å². The third-order valence-electron chi connectivity index (χ3n) is 5.00. The molecule has 0 saturated heterocycles. The van der Waals surface area contributed by atoms with Gasteiger partial charge in [-0.3, -0.25) is 14.2 Å². The molecular formula is C23H24N4O2S. The summed E-state index contributed by atoms with van der Waals surface area (Å²) in [6, 6.07) is 15.5. The van der Waals surface area contributed by atoms with Gasteiger partial charge in [0.05, 0.1) is 16.7 Å². The highest BCUT2D eigenvalue weighted by Gasteiger charge is 2.13. The van der Waals surface area contributed by atoms with Crippen LogP contribution in [-0.4, -0.2) is 32.7 Å². The van der Waals surface area contributed by atoms with Crippen LogP contribution in [0.3, 0.4) is 0 Å². The molecule has 2 heterocycles. The van der Waals surface area contributed by atoms with Crippen LogP contribution in [0.15, 0.2) is 64.7 Å². The molecule has 30 heavy (non-hydrogen) atoms. The summed E-state index contributed by atoms with van der Waals surface area (Å²) >= 11 is 1.31. The number of hydrogen-bond donors (Lipinski definition) is 2. The number of nitrogens with one attached hydrogen (secondary N) is 2. The molecule has 4 aromatic rings. The largest absolute Gasteiger partial charge is 0.361 e. The lowest BCUT2D eigenvalue weighted by molar-refractivity contribution is -0.118. The zero-order valence-corrected chi connectivity index (χ0v) is 17.7. The summed E-state index contributed by atoms with van der Waals surface area (Å²) in [6.07, 6.45) is 3.58. The number of para-hydroxylation sites is 2. The van der Waals surface area contributed by atoms with Crippen LogP contribution in [0.1, 0.15) is 18.9 Å². The van der Waals surface area contributed by atoms with Gasteiger partial charge in [0.1, 0.15) is 0 Å². The Morgan fingerprint density at radius 1 is 1.13 bits per heavy atom. The first-order valence-corrected chi connectivity index (χ1v) is 11.1. The molecule has 2 aromatic heterocycles. The molecule has 1 amide bonds. The number of carbonyl (C=O) groups excluding carboxylic acids is 1. The van der Waals surface area contributed by atoms with Gasteiger partial charge in [0, 0.05) is 30.2 Å². The molecular weight excluding hydrogens is 396 g/mol. The molecule has 0 radical (unpaired) electrons. The quantitative estimate of drug-likeness (QED) is 0.336. The Kier molecular flexibility index (Phi) is 6.18. The van der Waals surface area contributed by atoms with E-state index in [1.165, 1.54) is 22.7 Å². The van der Waals surface area contributed by atoms with Gasteiger partial charge in [-0.2, -0.15) is 0 Å². The SMILES string of the molecule is CCCn1c(SCC(=O)NCCc2c[nH]c3ccccc23)nc2ccccc2c1=O. The Hall–Kier alpha value is -3.06. The van der Waals surface area contributed by atoms with Gasteiger partial charge in [0.25, 0.3) is 5.56 Å². The molecule has 0 aliphatic heterocycles. The molecule has 7 heteroatoms. The van der Waals surface area contributed by atoms with Crippen molar-refractivity contribution in [2.45, 2.75) is 31.5 Å². The molecule has 0 aliphatic rings. The number of aromatic nitrogens is 3. The summed E-state index contributed by atoms with van der Waals surface area (Å²) in [7, 11) is 0. The van der Waals surface area contributed by atoms with Crippen LogP contribution in [0.4, 0.5) is 0 Å². The van der Waals surface area contributed by atoms with E-state index in [0.29, 0.717) is 29.1 Å². The van der Waals surface area contributed by atoms with Crippen molar-refractivity contribution in [2.24, 2.45) is 0 Å². The summed E-state index contributed by atoms with van der Waals surface area (Å²) in [5, 5.41) is 5.36. The van der Waals surface area contributed by atoms with E-state index in [1.54, 1.807) is 10.6 Å². The molecule has 2 N–H and O–H groups in total. The number of thioether (sulfide) groups is 1. The first kappa shape index (κ1) is 20.2. The number of H-pyrrole nitrogens is 1. The molecule has 4 rings (SSSR count). The topological polar surface area (TPSA) is 79.8 Å². The van der Waals surface area contributed by atoms with E-state index in [0.717, 1.165) is 18.4 Å². The lowest BCUT2D eigenvalue weighted by Gasteiger charge is -2.12. The number of nitrogens with zero attached hydrogens (tertiary/aromatic N) is 2. The van der Waals surface area contributed by atoms with Gasteiger partial charge in [-0.1, -0.05) is 49.0 Å². The maximum absolute atomic E-state index is 12.8. The van der Waals surface area contributed by atoms with E-state index in [1.807, 2.05) is 49.5 Å². The maximum Gasteiger partial charge on any atom is 0.262 e. The van der Waals surface area contributed by atoms with Gasteiger partial charge in [0.2, 0.25) is 5.91 Å². The molecule has 6 nitrogen and oxygen atoms in total. The fourth-order valence-electron chi connectivity index (χ4n) is 3.53. The third-order valence-corrected chi connectivity index (χ3v) is 5.97. The van der Waals surface area contributed by atoms with Gasteiger partial charge >= 0.3 is 0 Å². The van der Waals surface area contributed by atoms with Gasteiger partial charge in [0.15, 0.2) is 5.16 Å². The number of amides is 1. The highest BCUT2D eigenvalue weighted by molar-refractivity contribution is 7.99. The van der Waals surface area contributed by atoms with Crippen molar-refractivity contribution in [1.29, 1.82) is 0 Å². The van der Waals surface area contributed by atoms with E-state index in [-0.39, 0.29) is 17.2 Å². The number of aromatic amines is 1. The van der Waals surface area contributed by atoms with Crippen LogP contribution in [0.2, 0.25) is 0 Å². The molecule has 0 spiro atoms. The second-order valence-corrected chi connectivity index (χ2v) is 8.06. The van der Waals surface area contributed by atoms with Crippen LogP contribution in [0, 0.1) is 0 Å². The lowest BCUT2D eigenvalue weighted by atomic mass is 10.1. The molecule has 2 aromatic carbocycles. The second-order valence-electron chi connectivity index (χ2n) is 7.12. The Bertz CT molecular complexity index is 1240. The summed E-state index contributed by atoms with van der Waals surface area (Å²) in [5.41, 5.74) is 2.90.